The first-order chi connectivity index (χ1) is 13.4. The number of nitrogens with zero attached hydrogens (tertiary/aromatic N) is 1. The minimum atomic E-state index is -3.01. The van der Waals surface area contributed by atoms with Crippen molar-refractivity contribution in [2.24, 2.45) is 0 Å². The summed E-state index contributed by atoms with van der Waals surface area (Å²) in [6, 6.07) is 8.43. The molecule has 0 amide bonds. The summed E-state index contributed by atoms with van der Waals surface area (Å²) in [5.41, 5.74) is 1.06. The molecular weight excluding hydrogens is 397 g/mol. The van der Waals surface area contributed by atoms with E-state index < -0.39 is 22.1 Å². The monoisotopic (exact) mass is 431 g/mol. The molecule has 1 aliphatic rings. The molecule has 0 N–H and O–H groups in total. The molecule has 0 radical (unpaired) electrons. The molecule has 0 aromatic heterocycles. The zero-order chi connectivity index (χ0) is 20.6. The Bertz CT molecular complexity index is 644. The van der Waals surface area contributed by atoms with E-state index in [2.05, 4.69) is 4.90 Å². The van der Waals surface area contributed by atoms with E-state index in [-0.39, 0.29) is 0 Å². The van der Waals surface area contributed by atoms with Crippen LogP contribution in [0.3, 0.4) is 0 Å². The second-order valence-corrected chi connectivity index (χ2v) is 11.8. The largest absolute Gasteiger partial charge is 0.502 e. The molecule has 0 spiro atoms. The van der Waals surface area contributed by atoms with E-state index in [1.807, 2.05) is 52.0 Å². The van der Waals surface area contributed by atoms with Gasteiger partial charge in [0.1, 0.15) is 5.75 Å². The predicted molar refractivity (Wildman–Crippen MR) is 112 cm³/mol. The van der Waals surface area contributed by atoms with Crippen LogP contribution in [0.15, 0.2) is 24.3 Å². The molecule has 0 saturated carbocycles. The molecule has 7 nitrogen and oxygen atoms in total. The van der Waals surface area contributed by atoms with Gasteiger partial charge in [0.05, 0.1) is 6.61 Å². The lowest BCUT2D eigenvalue weighted by Crippen LogP contribution is -2.50. The molecule has 2 rings (SSSR count). The predicted octanol–water partition coefficient (Wildman–Crippen LogP) is 4.16. The molecule has 0 fully saturated rings. The SMILES string of the molecule is CCO[Si](CCN1Cc2ccccc2OC1P(C)(=O)OCC)(OCC)OCC. The van der Waals surface area contributed by atoms with Crippen molar-refractivity contribution in [3.05, 3.63) is 29.8 Å². The second kappa shape index (κ2) is 10.9. The summed E-state index contributed by atoms with van der Waals surface area (Å²) < 4.78 is 42.9. The molecule has 160 valence electrons. The highest BCUT2D eigenvalue weighted by Crippen LogP contribution is 2.52. The summed E-state index contributed by atoms with van der Waals surface area (Å²) in [4.78, 5) is 2.05. The van der Waals surface area contributed by atoms with Crippen LogP contribution in [-0.2, 0) is 28.9 Å². The van der Waals surface area contributed by atoms with Crippen LogP contribution in [0, 0.1) is 0 Å². The van der Waals surface area contributed by atoms with Gasteiger partial charge in [-0.05, 0) is 33.8 Å². The lowest BCUT2D eigenvalue weighted by molar-refractivity contribution is 0.0355. The fourth-order valence-electron chi connectivity index (χ4n) is 3.42. The van der Waals surface area contributed by atoms with Crippen LogP contribution in [-0.4, -0.2) is 59.3 Å². The quantitative estimate of drug-likeness (QED) is 0.364. The molecule has 1 aromatic carbocycles. The van der Waals surface area contributed by atoms with Crippen molar-refractivity contribution in [2.75, 3.05) is 39.6 Å². The van der Waals surface area contributed by atoms with Gasteiger partial charge in [-0.3, -0.25) is 9.46 Å². The van der Waals surface area contributed by atoms with Gasteiger partial charge in [0.25, 0.3) is 7.37 Å². The van der Waals surface area contributed by atoms with Gasteiger partial charge < -0.3 is 22.5 Å². The van der Waals surface area contributed by atoms with Crippen molar-refractivity contribution in [3.63, 3.8) is 0 Å². The minimum Gasteiger partial charge on any atom is -0.465 e. The van der Waals surface area contributed by atoms with Crippen molar-refractivity contribution in [2.45, 2.75) is 46.3 Å². The third kappa shape index (κ3) is 5.89. The maximum Gasteiger partial charge on any atom is 0.502 e. The number of rotatable bonds is 12. The zero-order valence-corrected chi connectivity index (χ0v) is 19.6. The lowest BCUT2D eigenvalue weighted by Gasteiger charge is -2.40. The second-order valence-electron chi connectivity index (χ2n) is 6.58. The summed E-state index contributed by atoms with van der Waals surface area (Å²) in [7, 11) is -5.82. The lowest BCUT2D eigenvalue weighted by atomic mass is 10.2. The highest BCUT2D eigenvalue weighted by molar-refractivity contribution is 7.58. The van der Waals surface area contributed by atoms with Crippen molar-refractivity contribution in [1.29, 1.82) is 0 Å². The van der Waals surface area contributed by atoms with Crippen molar-refractivity contribution in [3.8, 4) is 5.75 Å². The Balaban J connectivity index is 2.24. The van der Waals surface area contributed by atoms with E-state index >= 15 is 0 Å². The van der Waals surface area contributed by atoms with E-state index in [0.29, 0.717) is 45.6 Å². The summed E-state index contributed by atoms with van der Waals surface area (Å²) in [6.45, 7) is 12.5. The van der Waals surface area contributed by atoms with Gasteiger partial charge in [-0.2, -0.15) is 0 Å². The molecular formula is C19H34NO6PSi. The molecule has 2 atom stereocenters. The van der Waals surface area contributed by atoms with E-state index in [1.54, 1.807) is 6.66 Å². The number of para-hydroxylation sites is 1. The standard InChI is InChI=1S/C19H34NO6PSi/c1-6-22-27(5,21)19-20(16-17-12-10-11-13-18(17)26-19)14-15-28(23-7-2,24-8-3)25-9-4/h10-13,19H,6-9,14-16H2,1-5H3. The fourth-order valence-corrected chi connectivity index (χ4v) is 7.72. The molecule has 0 aliphatic carbocycles. The van der Waals surface area contributed by atoms with Crippen LogP contribution >= 0.6 is 7.37 Å². The number of hydrogen-bond donors (Lipinski definition) is 0. The molecule has 0 saturated heterocycles. The first-order valence-corrected chi connectivity index (χ1v) is 14.1. The van der Waals surface area contributed by atoms with E-state index in [0.717, 1.165) is 11.3 Å². The van der Waals surface area contributed by atoms with Crippen LogP contribution in [0.5, 0.6) is 5.75 Å². The van der Waals surface area contributed by atoms with Crippen molar-refractivity contribution >= 4 is 16.2 Å². The normalized spacial score (nSPS) is 19.7. The Hall–Kier alpha value is -0.733. The van der Waals surface area contributed by atoms with Crippen LogP contribution in [0.2, 0.25) is 6.04 Å². The Labute approximate surface area is 170 Å². The van der Waals surface area contributed by atoms with Gasteiger partial charge in [0.15, 0.2) is 0 Å². The molecule has 1 aliphatic heterocycles. The van der Waals surface area contributed by atoms with Crippen LogP contribution in [0.25, 0.3) is 0 Å². The zero-order valence-electron chi connectivity index (χ0n) is 17.7. The van der Waals surface area contributed by atoms with Crippen LogP contribution < -0.4 is 4.74 Å². The van der Waals surface area contributed by atoms with Crippen molar-refractivity contribution in [1.82, 2.24) is 4.90 Å². The maximum absolute atomic E-state index is 13.2. The molecule has 28 heavy (non-hydrogen) atoms. The highest BCUT2D eigenvalue weighted by atomic mass is 31.2. The summed E-state index contributed by atoms with van der Waals surface area (Å²) in [5, 5.41) is 0. The van der Waals surface area contributed by atoms with E-state index in [9.17, 15) is 4.57 Å². The van der Waals surface area contributed by atoms with Gasteiger partial charge in [-0.1, -0.05) is 18.2 Å². The van der Waals surface area contributed by atoms with E-state index in [4.69, 9.17) is 22.5 Å². The molecule has 0 bridgehead atoms. The molecule has 2 unspecified atom stereocenters. The Kier molecular flexibility index (Phi) is 9.15. The van der Waals surface area contributed by atoms with Crippen LogP contribution in [0.1, 0.15) is 33.3 Å². The van der Waals surface area contributed by atoms with Gasteiger partial charge >= 0.3 is 8.80 Å². The smallest absolute Gasteiger partial charge is 0.465 e. The van der Waals surface area contributed by atoms with Crippen LogP contribution in [0.4, 0.5) is 0 Å². The highest BCUT2D eigenvalue weighted by Gasteiger charge is 2.44. The molecule has 1 heterocycles. The summed E-state index contributed by atoms with van der Waals surface area (Å²) in [6.07, 6.45) is 0. The van der Waals surface area contributed by atoms with Gasteiger partial charge in [-0.25, -0.2) is 0 Å². The van der Waals surface area contributed by atoms with Gasteiger partial charge in [-0.15, -0.1) is 0 Å². The van der Waals surface area contributed by atoms with Gasteiger partial charge in [0.2, 0.25) is 5.97 Å². The number of hydrogen-bond acceptors (Lipinski definition) is 7. The van der Waals surface area contributed by atoms with Crippen molar-refractivity contribution < 1.29 is 27.1 Å². The fraction of sp³-hybridized carbons (Fsp3) is 0.684. The molecule has 1 aromatic rings. The average Bonchev–Trinajstić information content (AvgIpc) is 2.66. The van der Waals surface area contributed by atoms with Gasteiger partial charge in [0, 0.05) is 51.2 Å². The minimum absolute atomic E-state index is 0.374. The Morgan fingerprint density at radius 3 is 2.25 bits per heavy atom. The maximum atomic E-state index is 13.2. The third-order valence-corrected chi connectivity index (χ3v) is 9.50. The number of ether oxygens (including phenoxy) is 1. The Morgan fingerprint density at radius 2 is 1.68 bits per heavy atom. The summed E-state index contributed by atoms with van der Waals surface area (Å²) in [5.74, 6) is 0.118. The number of benzene rings is 1. The third-order valence-electron chi connectivity index (χ3n) is 4.48. The summed E-state index contributed by atoms with van der Waals surface area (Å²) >= 11 is 0. The number of fused-ring (bicyclic) bond motifs is 1. The molecule has 9 heteroatoms. The van der Waals surface area contributed by atoms with E-state index in [1.165, 1.54) is 0 Å². The first-order valence-electron chi connectivity index (χ1n) is 10.0. The average molecular weight is 432 g/mol. The topological polar surface area (TPSA) is 66.5 Å². The first kappa shape index (κ1) is 23.5. The Morgan fingerprint density at radius 1 is 1.07 bits per heavy atom.